The molecule has 0 heterocycles. The van der Waals surface area contributed by atoms with E-state index in [-0.39, 0.29) is 0 Å². The number of hydrogen-bond acceptors (Lipinski definition) is 3. The Labute approximate surface area is 80.1 Å². The fourth-order valence-corrected chi connectivity index (χ4v) is 2.39. The molecule has 14 heavy (non-hydrogen) atoms. The summed E-state index contributed by atoms with van der Waals surface area (Å²) in [6, 6.07) is 1.98. The summed E-state index contributed by atoms with van der Waals surface area (Å²) in [6.45, 7) is 0. The maximum absolute atomic E-state index is 12.5. The first-order valence-corrected chi connectivity index (χ1v) is 6.70. The molecule has 0 saturated heterocycles. The molecule has 0 aromatic heterocycles. The zero-order valence-corrected chi connectivity index (χ0v) is 8.50. The average Bonchev–Trinajstić information content (AvgIpc) is 2.01. The molecule has 0 aliphatic carbocycles. The van der Waals surface area contributed by atoms with Crippen molar-refractivity contribution in [2.24, 2.45) is 0 Å². The van der Waals surface area contributed by atoms with Crippen LogP contribution >= 0.6 is 0 Å². The monoisotopic (exact) mass is 265 g/mol. The van der Waals surface area contributed by atoms with Gasteiger partial charge in [0.05, 0.1) is 0 Å². The molecule has 0 fully saturated rings. The quantitative estimate of drug-likeness (QED) is 0.418. The van der Waals surface area contributed by atoms with Crippen molar-refractivity contribution >= 4 is 24.2 Å². The first-order chi connectivity index (χ1) is 6.32. The van der Waals surface area contributed by atoms with Crippen LogP contribution in [0.5, 0.6) is 0 Å². The van der Waals surface area contributed by atoms with Gasteiger partial charge in [-0.25, -0.2) is 0 Å². The Morgan fingerprint density at radius 1 is 1.43 bits per heavy atom. The molecule has 0 unspecified atom stereocenters. The Bertz CT molecular complexity index is 428. The molecule has 76 valence electrons. The molecule has 6 nitrogen and oxygen atoms in total. The topological polar surface area (TPSA) is 101 Å². The Morgan fingerprint density at radius 3 is 2.43 bits per heavy atom. The van der Waals surface area contributed by atoms with Gasteiger partial charge in [0.15, 0.2) is 0 Å². The van der Waals surface area contributed by atoms with Gasteiger partial charge in [-0.15, -0.1) is 0 Å². The van der Waals surface area contributed by atoms with Crippen LogP contribution in [0.15, 0.2) is 18.2 Å². The van der Waals surface area contributed by atoms with Crippen LogP contribution in [-0.2, 0) is 3.74 Å². The molecule has 0 bridgehead atoms. The van der Waals surface area contributed by atoms with Crippen LogP contribution in [0.3, 0.4) is 0 Å². The van der Waals surface area contributed by atoms with Gasteiger partial charge in [0.2, 0.25) is 0 Å². The number of nitro benzene ring substituents is 1. The third-order valence-corrected chi connectivity index (χ3v) is 3.56. The van der Waals surface area contributed by atoms with Crippen LogP contribution < -0.4 is 4.35 Å². The summed E-state index contributed by atoms with van der Waals surface area (Å²) in [6.07, 6.45) is 0. The molecule has 0 saturated carbocycles. The predicted octanol–water partition coefficient (Wildman–Crippen LogP) is -0.705. The van der Waals surface area contributed by atoms with Gasteiger partial charge in [0.1, 0.15) is 0 Å². The predicted molar refractivity (Wildman–Crippen MR) is 43.6 cm³/mol. The van der Waals surface area contributed by atoms with Crippen LogP contribution in [-0.4, -0.2) is 27.3 Å². The molecular formula is C6H5AsFNO5. The van der Waals surface area contributed by atoms with E-state index >= 15 is 0 Å². The van der Waals surface area contributed by atoms with Crippen molar-refractivity contribution in [3.05, 3.63) is 34.1 Å². The number of nitrogens with zero attached hydrogens (tertiary/aromatic N) is 1. The number of nitro groups is 1. The molecule has 0 radical (unpaired) electrons. The zero-order chi connectivity index (χ0) is 10.9. The third-order valence-electron chi connectivity index (χ3n) is 1.45. The van der Waals surface area contributed by atoms with Gasteiger partial charge in [-0.05, 0) is 0 Å². The van der Waals surface area contributed by atoms with Gasteiger partial charge in [0.25, 0.3) is 0 Å². The summed E-state index contributed by atoms with van der Waals surface area (Å²) in [5, 5.41) is 10.3. The molecule has 8 heteroatoms. The Morgan fingerprint density at radius 2 is 2.00 bits per heavy atom. The van der Waals surface area contributed by atoms with E-state index in [4.69, 9.17) is 8.19 Å². The summed E-state index contributed by atoms with van der Waals surface area (Å²) in [4.78, 5) is 9.30. The molecule has 0 aliphatic rings. The van der Waals surface area contributed by atoms with Crippen LogP contribution in [0, 0.1) is 15.9 Å². The minimum absolute atomic E-state index is 0.482. The van der Waals surface area contributed by atoms with E-state index < -0.39 is 35.0 Å². The summed E-state index contributed by atoms with van der Waals surface area (Å²) in [7, 11) is 0. The van der Waals surface area contributed by atoms with Crippen LogP contribution in [0.2, 0.25) is 0 Å². The van der Waals surface area contributed by atoms with Crippen molar-refractivity contribution in [1.82, 2.24) is 0 Å². The second-order valence-corrected chi connectivity index (χ2v) is 5.73. The molecule has 2 N–H and O–H groups in total. The van der Waals surface area contributed by atoms with Gasteiger partial charge >= 0.3 is 79.6 Å². The van der Waals surface area contributed by atoms with Crippen molar-refractivity contribution in [2.75, 3.05) is 0 Å². The number of hydrogen-bond donors (Lipinski definition) is 2. The SMILES string of the molecule is O=[N+]([O-])c1cc(F)ccc1[As](=O)(O)O. The fraction of sp³-hybridized carbons (Fsp3) is 0. The number of halogens is 1. The van der Waals surface area contributed by atoms with E-state index in [9.17, 15) is 18.2 Å². The van der Waals surface area contributed by atoms with Crippen molar-refractivity contribution in [1.29, 1.82) is 0 Å². The first kappa shape index (κ1) is 10.9. The molecule has 0 amide bonds. The van der Waals surface area contributed by atoms with E-state index in [0.29, 0.717) is 6.07 Å². The Hall–Kier alpha value is -1.17. The van der Waals surface area contributed by atoms with E-state index in [1.807, 2.05) is 0 Å². The van der Waals surface area contributed by atoms with Gasteiger partial charge in [0, 0.05) is 0 Å². The van der Waals surface area contributed by atoms with Crippen LogP contribution in [0.1, 0.15) is 0 Å². The van der Waals surface area contributed by atoms with E-state index in [2.05, 4.69) is 0 Å². The van der Waals surface area contributed by atoms with Gasteiger partial charge in [-0.1, -0.05) is 0 Å². The molecular weight excluding hydrogens is 260 g/mol. The standard InChI is InChI=1S/C6H5AsFNO5/c8-4-1-2-5(7(10,11)12)6(3-4)9(13)14/h1-3H,(H2,10,11,12). The molecule has 1 aromatic rings. The second kappa shape index (κ2) is 3.53. The molecule has 1 aromatic carbocycles. The number of benzene rings is 1. The Kier molecular flexibility index (Phi) is 2.75. The molecule has 1 rings (SSSR count). The summed E-state index contributed by atoms with van der Waals surface area (Å²) >= 11 is -5.36. The summed E-state index contributed by atoms with van der Waals surface area (Å²) in [5.41, 5.74) is -0.891. The van der Waals surface area contributed by atoms with E-state index in [1.165, 1.54) is 0 Å². The minimum atomic E-state index is -5.36. The van der Waals surface area contributed by atoms with Crippen LogP contribution in [0.25, 0.3) is 0 Å². The van der Waals surface area contributed by atoms with Crippen molar-refractivity contribution in [3.63, 3.8) is 0 Å². The van der Waals surface area contributed by atoms with E-state index in [1.54, 1.807) is 0 Å². The van der Waals surface area contributed by atoms with Crippen molar-refractivity contribution in [3.8, 4) is 0 Å². The molecule has 0 atom stereocenters. The van der Waals surface area contributed by atoms with Gasteiger partial charge < -0.3 is 0 Å². The first-order valence-electron chi connectivity index (χ1n) is 3.32. The second-order valence-electron chi connectivity index (χ2n) is 2.43. The van der Waals surface area contributed by atoms with Crippen molar-refractivity contribution in [2.45, 2.75) is 0 Å². The maximum atomic E-state index is 12.5. The molecule has 0 aliphatic heterocycles. The van der Waals surface area contributed by atoms with Gasteiger partial charge in [-0.3, -0.25) is 0 Å². The zero-order valence-electron chi connectivity index (χ0n) is 6.62. The Balaban J connectivity index is 3.45. The third kappa shape index (κ3) is 2.20. The van der Waals surface area contributed by atoms with E-state index in [0.717, 1.165) is 12.1 Å². The summed E-state index contributed by atoms with van der Waals surface area (Å²) < 4.78 is 40.1. The van der Waals surface area contributed by atoms with Crippen LogP contribution in [0.4, 0.5) is 10.1 Å². The summed E-state index contributed by atoms with van der Waals surface area (Å²) in [5.74, 6) is -0.913. The average molecular weight is 265 g/mol. The normalized spacial score (nSPS) is 11.4. The van der Waals surface area contributed by atoms with Crippen molar-refractivity contribution < 1.29 is 21.2 Å². The molecule has 0 spiro atoms. The van der Waals surface area contributed by atoms with Gasteiger partial charge in [-0.2, -0.15) is 0 Å². The fourth-order valence-electron chi connectivity index (χ4n) is 0.889. The number of rotatable bonds is 2.